The second kappa shape index (κ2) is 5.19. The zero-order chi connectivity index (χ0) is 14.2. The number of benzene rings is 1. The summed E-state index contributed by atoms with van der Waals surface area (Å²) < 4.78 is 2.12. The number of aryl methyl sites for hydroxylation is 1. The molecule has 108 valence electrons. The minimum absolute atomic E-state index is 0.416. The molecule has 20 heavy (non-hydrogen) atoms. The first-order valence-corrected chi connectivity index (χ1v) is 7.48. The van der Waals surface area contributed by atoms with E-state index >= 15 is 0 Å². The first-order chi connectivity index (χ1) is 9.64. The van der Waals surface area contributed by atoms with Crippen LogP contribution in [-0.2, 0) is 13.0 Å². The zero-order valence-corrected chi connectivity index (χ0v) is 11.9. The molecule has 2 aromatic rings. The van der Waals surface area contributed by atoms with Gasteiger partial charge in [0.15, 0.2) is 0 Å². The molecule has 0 aliphatic heterocycles. The molecule has 0 amide bonds. The number of nitrogens with zero attached hydrogens (tertiary/aromatic N) is 2. The lowest BCUT2D eigenvalue weighted by Crippen LogP contribution is -2.41. The fourth-order valence-corrected chi connectivity index (χ4v) is 3.32. The molecular weight excluding hydrogens is 252 g/mol. The maximum absolute atomic E-state index is 10.5. The molecule has 0 radical (unpaired) electrons. The number of aliphatic hydroxyl groups excluding tert-OH is 1. The SMILES string of the molecule is CCn1c(CC(O)C2(O)CCCC2)nc2ccccc21. The minimum Gasteiger partial charge on any atom is -0.390 e. The highest BCUT2D eigenvalue weighted by atomic mass is 16.3. The van der Waals surface area contributed by atoms with Crippen molar-refractivity contribution in [2.24, 2.45) is 0 Å². The van der Waals surface area contributed by atoms with Crippen LogP contribution in [0.15, 0.2) is 24.3 Å². The summed E-state index contributed by atoms with van der Waals surface area (Å²) in [6, 6.07) is 8.01. The van der Waals surface area contributed by atoms with Crippen LogP contribution in [-0.4, -0.2) is 31.5 Å². The molecule has 3 rings (SSSR count). The molecule has 0 spiro atoms. The maximum atomic E-state index is 10.5. The summed E-state index contributed by atoms with van der Waals surface area (Å²) >= 11 is 0. The highest BCUT2D eigenvalue weighted by molar-refractivity contribution is 5.75. The number of rotatable bonds is 4. The van der Waals surface area contributed by atoms with Gasteiger partial charge in [0.2, 0.25) is 0 Å². The standard InChI is InChI=1S/C16H22N2O2/c1-2-18-13-8-4-3-7-12(13)17-15(18)11-14(19)16(20)9-5-6-10-16/h3-4,7-8,14,19-20H,2,5-6,9-11H2,1H3. The second-order valence-corrected chi connectivity index (χ2v) is 5.79. The molecule has 1 aliphatic carbocycles. The summed E-state index contributed by atoms with van der Waals surface area (Å²) in [5, 5.41) is 20.9. The molecule has 1 aromatic heterocycles. The number of para-hydroxylation sites is 2. The molecule has 0 bridgehead atoms. The first-order valence-electron chi connectivity index (χ1n) is 7.48. The molecule has 1 aromatic carbocycles. The number of fused-ring (bicyclic) bond motifs is 1. The number of imidazole rings is 1. The Kier molecular flexibility index (Phi) is 3.52. The van der Waals surface area contributed by atoms with Crippen LogP contribution in [0.25, 0.3) is 11.0 Å². The van der Waals surface area contributed by atoms with Crippen LogP contribution in [0, 0.1) is 0 Å². The van der Waals surface area contributed by atoms with E-state index in [0.29, 0.717) is 19.3 Å². The van der Waals surface area contributed by atoms with E-state index in [2.05, 4.69) is 16.5 Å². The quantitative estimate of drug-likeness (QED) is 0.899. The van der Waals surface area contributed by atoms with Gasteiger partial charge >= 0.3 is 0 Å². The van der Waals surface area contributed by atoms with E-state index in [-0.39, 0.29) is 0 Å². The van der Waals surface area contributed by atoms with E-state index in [9.17, 15) is 10.2 Å². The first kappa shape index (κ1) is 13.6. The van der Waals surface area contributed by atoms with E-state index in [1.54, 1.807) is 0 Å². The lowest BCUT2D eigenvalue weighted by molar-refractivity contribution is -0.0699. The van der Waals surface area contributed by atoms with Crippen LogP contribution < -0.4 is 0 Å². The van der Waals surface area contributed by atoms with E-state index < -0.39 is 11.7 Å². The summed E-state index contributed by atoms with van der Waals surface area (Å²) in [6.45, 7) is 2.90. The van der Waals surface area contributed by atoms with Crippen LogP contribution in [0.2, 0.25) is 0 Å². The van der Waals surface area contributed by atoms with Gasteiger partial charge in [-0.2, -0.15) is 0 Å². The molecule has 1 aliphatic rings. The van der Waals surface area contributed by atoms with Gasteiger partial charge in [0.05, 0.1) is 22.7 Å². The van der Waals surface area contributed by atoms with Crippen molar-refractivity contribution in [2.45, 2.75) is 57.3 Å². The van der Waals surface area contributed by atoms with Gasteiger partial charge in [-0.15, -0.1) is 0 Å². The van der Waals surface area contributed by atoms with Gasteiger partial charge in [-0.25, -0.2) is 4.98 Å². The highest BCUT2D eigenvalue weighted by Crippen LogP contribution is 2.33. The van der Waals surface area contributed by atoms with E-state index in [0.717, 1.165) is 36.2 Å². The largest absolute Gasteiger partial charge is 0.390 e. The second-order valence-electron chi connectivity index (χ2n) is 5.79. The van der Waals surface area contributed by atoms with E-state index in [4.69, 9.17) is 0 Å². The van der Waals surface area contributed by atoms with E-state index in [1.807, 2.05) is 24.3 Å². The Morgan fingerprint density at radius 3 is 2.70 bits per heavy atom. The Morgan fingerprint density at radius 1 is 1.30 bits per heavy atom. The molecule has 1 atom stereocenters. The summed E-state index contributed by atoms with van der Waals surface area (Å²) in [4.78, 5) is 4.62. The van der Waals surface area contributed by atoms with Gasteiger partial charge in [-0.1, -0.05) is 25.0 Å². The number of aliphatic hydroxyl groups is 2. The van der Waals surface area contributed by atoms with Crippen molar-refractivity contribution in [1.29, 1.82) is 0 Å². The van der Waals surface area contributed by atoms with Crippen molar-refractivity contribution < 1.29 is 10.2 Å². The van der Waals surface area contributed by atoms with Gasteiger partial charge in [0.1, 0.15) is 5.82 Å². The van der Waals surface area contributed by atoms with Crippen molar-refractivity contribution in [3.05, 3.63) is 30.1 Å². The third kappa shape index (κ3) is 2.23. The third-order valence-corrected chi connectivity index (χ3v) is 4.52. The molecule has 4 nitrogen and oxygen atoms in total. The lowest BCUT2D eigenvalue weighted by Gasteiger charge is -2.28. The van der Waals surface area contributed by atoms with Crippen LogP contribution in [0.1, 0.15) is 38.4 Å². The third-order valence-electron chi connectivity index (χ3n) is 4.52. The monoisotopic (exact) mass is 274 g/mol. The average molecular weight is 274 g/mol. The Bertz CT molecular complexity index is 600. The van der Waals surface area contributed by atoms with Crippen molar-refractivity contribution in [3.63, 3.8) is 0 Å². The molecule has 1 saturated carbocycles. The molecule has 1 unspecified atom stereocenters. The molecule has 1 fully saturated rings. The predicted molar refractivity (Wildman–Crippen MR) is 78.5 cm³/mol. The fraction of sp³-hybridized carbons (Fsp3) is 0.562. The van der Waals surface area contributed by atoms with Crippen LogP contribution in [0.4, 0.5) is 0 Å². The van der Waals surface area contributed by atoms with Gasteiger partial charge in [-0.05, 0) is 31.9 Å². The minimum atomic E-state index is -0.920. The van der Waals surface area contributed by atoms with Crippen molar-refractivity contribution >= 4 is 11.0 Å². The van der Waals surface area contributed by atoms with Crippen molar-refractivity contribution in [1.82, 2.24) is 9.55 Å². The van der Waals surface area contributed by atoms with Gasteiger partial charge in [-0.3, -0.25) is 0 Å². The zero-order valence-electron chi connectivity index (χ0n) is 11.9. The smallest absolute Gasteiger partial charge is 0.112 e. The molecule has 1 heterocycles. The lowest BCUT2D eigenvalue weighted by atomic mass is 9.92. The van der Waals surface area contributed by atoms with Gasteiger partial charge in [0, 0.05) is 13.0 Å². The van der Waals surface area contributed by atoms with Crippen molar-refractivity contribution in [3.8, 4) is 0 Å². The topological polar surface area (TPSA) is 58.3 Å². The maximum Gasteiger partial charge on any atom is 0.112 e. The molecule has 2 N–H and O–H groups in total. The number of hydrogen-bond donors (Lipinski definition) is 2. The normalized spacial score (nSPS) is 19.6. The van der Waals surface area contributed by atoms with Crippen LogP contribution >= 0.6 is 0 Å². The fourth-order valence-electron chi connectivity index (χ4n) is 3.32. The van der Waals surface area contributed by atoms with Gasteiger partial charge < -0.3 is 14.8 Å². The molecular formula is C16H22N2O2. The summed E-state index contributed by atoms with van der Waals surface area (Å²) in [7, 11) is 0. The highest BCUT2D eigenvalue weighted by Gasteiger charge is 2.39. The summed E-state index contributed by atoms with van der Waals surface area (Å²) in [6.07, 6.45) is 3.07. The Morgan fingerprint density at radius 2 is 2.00 bits per heavy atom. The Labute approximate surface area is 119 Å². The van der Waals surface area contributed by atoms with Gasteiger partial charge in [0.25, 0.3) is 0 Å². The van der Waals surface area contributed by atoms with Crippen LogP contribution in [0.3, 0.4) is 0 Å². The summed E-state index contributed by atoms with van der Waals surface area (Å²) in [5.41, 5.74) is 1.13. The average Bonchev–Trinajstić information content (AvgIpc) is 3.03. The Hall–Kier alpha value is -1.39. The number of aromatic nitrogens is 2. The summed E-state index contributed by atoms with van der Waals surface area (Å²) in [5.74, 6) is 0.863. The molecule has 4 heteroatoms. The number of hydrogen-bond acceptors (Lipinski definition) is 3. The van der Waals surface area contributed by atoms with E-state index in [1.165, 1.54) is 0 Å². The van der Waals surface area contributed by atoms with Crippen molar-refractivity contribution in [2.75, 3.05) is 0 Å². The predicted octanol–water partition coefficient (Wildman–Crippen LogP) is 2.26. The van der Waals surface area contributed by atoms with Crippen LogP contribution in [0.5, 0.6) is 0 Å². The molecule has 0 saturated heterocycles. The Balaban J connectivity index is 1.90.